The molecule has 6 aliphatic rings. The van der Waals surface area contributed by atoms with E-state index in [-0.39, 0.29) is 46.2 Å². The number of amides is 5. The van der Waals surface area contributed by atoms with Crippen LogP contribution in [-0.2, 0) is 20.8 Å². The molecule has 2 unspecified atom stereocenters. The molecular formula is C57H72F2N10O6. The summed E-state index contributed by atoms with van der Waals surface area (Å²) in [6.45, 7) is 8.06. The second kappa shape index (κ2) is 23.8. The number of piperidine rings is 2. The number of aromatic nitrogens is 2. The Hall–Kier alpha value is -6.11. The number of carbonyl (C=O) groups is 5. The van der Waals surface area contributed by atoms with Gasteiger partial charge in [-0.15, -0.1) is 0 Å². The fourth-order valence-electron chi connectivity index (χ4n) is 12.2. The number of piperazine rings is 2. The number of fused-ring (bicyclic) bond motifs is 1. The molecule has 2 atom stereocenters. The number of hydrogen-bond acceptors (Lipinski definition) is 10. The highest BCUT2D eigenvalue weighted by atomic mass is 19.1. The van der Waals surface area contributed by atoms with Crippen LogP contribution in [0.3, 0.4) is 0 Å². The van der Waals surface area contributed by atoms with Crippen LogP contribution in [0.2, 0.25) is 0 Å². The monoisotopic (exact) mass is 1030 g/mol. The Balaban J connectivity index is 0.661. The zero-order valence-electron chi connectivity index (χ0n) is 43.1. The van der Waals surface area contributed by atoms with E-state index < -0.39 is 29.5 Å². The SMILES string of the molecule is O=C(NC(C(=O)N1CCN(CC2CCN(CC(=O)N3CCN(C(=O)c4cc(Cc5n[nH]c(=O)c6ccccc56)ccc4F)CC3)CC2)CC1)C1CCCCC1)c1cccc(C2CCCN(C(=O)CNC3CC3)C2)c1F. The Morgan fingerprint density at radius 2 is 1.39 bits per heavy atom. The van der Waals surface area contributed by atoms with Gasteiger partial charge in [-0.2, -0.15) is 5.10 Å². The smallest absolute Gasteiger partial charge is 0.272 e. The molecule has 16 nitrogen and oxygen atoms in total. The number of aromatic amines is 1. The van der Waals surface area contributed by atoms with Crippen LogP contribution in [0, 0.1) is 23.5 Å². The van der Waals surface area contributed by atoms with Crippen molar-refractivity contribution in [2.45, 2.75) is 95.1 Å². The molecule has 75 heavy (non-hydrogen) atoms. The lowest BCUT2D eigenvalue weighted by molar-refractivity contribution is -0.137. The van der Waals surface area contributed by atoms with E-state index in [4.69, 9.17) is 0 Å². The summed E-state index contributed by atoms with van der Waals surface area (Å²) < 4.78 is 31.5. The van der Waals surface area contributed by atoms with E-state index in [0.29, 0.717) is 111 Å². The van der Waals surface area contributed by atoms with Gasteiger partial charge in [0, 0.05) is 95.8 Å². The summed E-state index contributed by atoms with van der Waals surface area (Å²) in [5, 5.41) is 14.3. The highest BCUT2D eigenvalue weighted by Crippen LogP contribution is 2.32. The van der Waals surface area contributed by atoms with E-state index in [1.807, 2.05) is 21.9 Å². The average Bonchev–Trinajstić information content (AvgIpc) is 4.29. The quantitative estimate of drug-likeness (QED) is 0.151. The Labute approximate surface area is 437 Å². The van der Waals surface area contributed by atoms with Gasteiger partial charge in [0.2, 0.25) is 17.7 Å². The standard InChI is InChI=1S/C57H72F2N10O6/c58-48-18-15-39(33-49-44-11-4-5-12-45(44)55(73)63-62-49)32-47(48)56(74)67-30-28-66(29-31-67)51(71)37-64-22-19-38(20-23-64)35-65-24-26-68(27-25-65)57(75)53(40-8-2-1-3-9-40)61-54(72)46-14-6-13-43(52(46)59)41-10-7-21-69(36-41)50(70)34-60-42-16-17-42/h4-6,11-15,18,32,38,40-42,53,60H,1-3,7-10,16-17,19-31,33-37H2,(H,61,72)(H,63,73). The van der Waals surface area contributed by atoms with Gasteiger partial charge in [-0.3, -0.25) is 38.6 Å². The maximum Gasteiger partial charge on any atom is 0.272 e. The molecule has 3 aromatic carbocycles. The third-order valence-corrected chi connectivity index (χ3v) is 16.9. The Morgan fingerprint density at radius 3 is 2.13 bits per heavy atom. The van der Waals surface area contributed by atoms with E-state index in [2.05, 4.69) is 30.6 Å². The number of nitrogens with zero attached hydrogens (tertiary/aromatic N) is 7. The number of rotatable bonds is 15. The minimum atomic E-state index is -0.735. The van der Waals surface area contributed by atoms with Gasteiger partial charge in [0.05, 0.1) is 35.3 Å². The van der Waals surface area contributed by atoms with Crippen molar-refractivity contribution in [3.05, 3.63) is 111 Å². The van der Waals surface area contributed by atoms with Crippen LogP contribution in [0.25, 0.3) is 10.8 Å². The molecule has 4 aromatic rings. The van der Waals surface area contributed by atoms with Crippen LogP contribution < -0.4 is 16.2 Å². The summed E-state index contributed by atoms with van der Waals surface area (Å²) in [5.74, 6) is -1.99. The minimum absolute atomic E-state index is 0.0187. The number of nitrogens with one attached hydrogen (secondary N) is 3. The second-order valence-electron chi connectivity index (χ2n) is 21.9. The predicted molar refractivity (Wildman–Crippen MR) is 280 cm³/mol. The predicted octanol–water partition coefficient (Wildman–Crippen LogP) is 4.77. The van der Waals surface area contributed by atoms with Crippen LogP contribution in [0.15, 0.2) is 65.5 Å². The Kier molecular flexibility index (Phi) is 16.6. The van der Waals surface area contributed by atoms with Gasteiger partial charge in [0.15, 0.2) is 0 Å². The Bertz CT molecular complexity index is 2780. The molecule has 3 N–H and O–H groups in total. The van der Waals surface area contributed by atoms with Crippen molar-refractivity contribution < 1.29 is 32.8 Å². The molecule has 5 heterocycles. The molecule has 1 aromatic heterocycles. The lowest BCUT2D eigenvalue weighted by Gasteiger charge is -2.41. The third-order valence-electron chi connectivity index (χ3n) is 16.9. The molecule has 0 bridgehead atoms. The van der Waals surface area contributed by atoms with Crippen molar-refractivity contribution in [3.63, 3.8) is 0 Å². The first-order valence-electron chi connectivity index (χ1n) is 27.6. The molecule has 2 aliphatic carbocycles. The fraction of sp³-hybridized carbons (Fsp3) is 0.561. The molecule has 4 saturated heterocycles. The summed E-state index contributed by atoms with van der Waals surface area (Å²) in [6, 6.07) is 16.3. The van der Waals surface area contributed by atoms with Crippen molar-refractivity contribution >= 4 is 40.3 Å². The van der Waals surface area contributed by atoms with Crippen molar-refractivity contribution in [2.24, 2.45) is 11.8 Å². The average molecular weight is 1030 g/mol. The third kappa shape index (κ3) is 12.6. The summed E-state index contributed by atoms with van der Waals surface area (Å²) in [4.78, 5) is 92.5. The number of H-pyrrole nitrogens is 1. The molecule has 400 valence electrons. The van der Waals surface area contributed by atoms with Gasteiger partial charge in [0.25, 0.3) is 17.4 Å². The van der Waals surface area contributed by atoms with E-state index in [9.17, 15) is 28.8 Å². The molecule has 10 rings (SSSR count). The van der Waals surface area contributed by atoms with Gasteiger partial charge >= 0.3 is 0 Å². The number of benzene rings is 3. The maximum atomic E-state index is 16.4. The molecular weight excluding hydrogens is 959 g/mol. The van der Waals surface area contributed by atoms with Crippen LogP contribution in [0.5, 0.6) is 0 Å². The first-order chi connectivity index (χ1) is 36.4. The molecule has 5 amide bonds. The maximum absolute atomic E-state index is 16.4. The van der Waals surface area contributed by atoms with Crippen molar-refractivity contribution in [3.8, 4) is 0 Å². The summed E-state index contributed by atoms with van der Waals surface area (Å²) in [7, 11) is 0. The molecule has 18 heteroatoms. The summed E-state index contributed by atoms with van der Waals surface area (Å²) >= 11 is 0. The molecule has 2 saturated carbocycles. The molecule has 4 aliphatic heterocycles. The first kappa shape index (κ1) is 52.3. The van der Waals surface area contributed by atoms with E-state index in [1.165, 1.54) is 12.1 Å². The van der Waals surface area contributed by atoms with Gasteiger partial charge in [0.1, 0.15) is 17.7 Å². The highest BCUT2D eigenvalue weighted by molar-refractivity contribution is 5.98. The highest BCUT2D eigenvalue weighted by Gasteiger charge is 2.37. The van der Waals surface area contributed by atoms with Crippen LogP contribution >= 0.6 is 0 Å². The largest absolute Gasteiger partial charge is 0.341 e. The van der Waals surface area contributed by atoms with E-state index >= 15 is 8.78 Å². The number of halogens is 2. The van der Waals surface area contributed by atoms with E-state index in [1.54, 1.807) is 46.2 Å². The van der Waals surface area contributed by atoms with Gasteiger partial charge in [-0.05, 0) is 112 Å². The van der Waals surface area contributed by atoms with Crippen LogP contribution in [0.1, 0.15) is 114 Å². The lowest BCUT2D eigenvalue weighted by atomic mass is 9.83. The van der Waals surface area contributed by atoms with E-state index in [0.717, 1.165) is 103 Å². The van der Waals surface area contributed by atoms with Gasteiger partial charge in [-0.1, -0.05) is 55.7 Å². The topological polar surface area (TPSA) is 175 Å². The zero-order valence-corrected chi connectivity index (χ0v) is 43.1. The minimum Gasteiger partial charge on any atom is -0.341 e. The number of carbonyl (C=O) groups excluding carboxylic acids is 5. The molecule has 0 spiro atoms. The number of likely N-dealkylation sites (tertiary alicyclic amines) is 2. The summed E-state index contributed by atoms with van der Waals surface area (Å²) in [5.41, 5.74) is 1.38. The lowest BCUT2D eigenvalue weighted by Crippen LogP contribution is -2.57. The van der Waals surface area contributed by atoms with Crippen molar-refractivity contribution in [1.82, 2.24) is 50.2 Å². The zero-order chi connectivity index (χ0) is 52.0. The first-order valence-corrected chi connectivity index (χ1v) is 27.6. The van der Waals surface area contributed by atoms with Gasteiger partial charge < -0.3 is 30.2 Å². The van der Waals surface area contributed by atoms with Gasteiger partial charge in [-0.25, -0.2) is 13.9 Å². The Morgan fingerprint density at radius 1 is 0.667 bits per heavy atom. The fourth-order valence-corrected chi connectivity index (χ4v) is 12.2. The summed E-state index contributed by atoms with van der Waals surface area (Å²) in [6.07, 6.45) is 10.6. The van der Waals surface area contributed by atoms with Crippen LogP contribution in [-0.4, -0.2) is 179 Å². The van der Waals surface area contributed by atoms with Crippen LogP contribution in [0.4, 0.5) is 8.78 Å². The van der Waals surface area contributed by atoms with Crippen molar-refractivity contribution in [1.29, 1.82) is 0 Å². The number of hydrogen-bond donors (Lipinski definition) is 3. The second-order valence-corrected chi connectivity index (χ2v) is 21.9. The normalized spacial score (nSPS) is 21.1. The molecule has 0 radical (unpaired) electrons. The molecule has 6 fully saturated rings. The van der Waals surface area contributed by atoms with Crippen molar-refractivity contribution in [2.75, 3.05) is 98.2 Å².